The summed E-state index contributed by atoms with van der Waals surface area (Å²) in [5, 5.41) is 0. The minimum Gasteiger partial charge on any atom is -0.295 e. The van der Waals surface area contributed by atoms with Crippen LogP contribution in [0.2, 0.25) is 0 Å². The van der Waals surface area contributed by atoms with Crippen LogP contribution in [0.4, 0.5) is 0 Å². The lowest BCUT2D eigenvalue weighted by Gasteiger charge is -2.57. The van der Waals surface area contributed by atoms with E-state index in [2.05, 4.69) is 72.1 Å². The predicted molar refractivity (Wildman–Crippen MR) is 169 cm³/mol. The van der Waals surface area contributed by atoms with Crippen molar-refractivity contribution in [1.29, 1.82) is 0 Å². The normalized spacial score (nSPS) is 22.9. The van der Waals surface area contributed by atoms with Crippen molar-refractivity contribution in [2.45, 2.75) is 220 Å². The van der Waals surface area contributed by atoms with Crippen molar-refractivity contribution in [3.05, 3.63) is 0 Å². The van der Waals surface area contributed by atoms with Gasteiger partial charge in [0.15, 0.2) is 0 Å². The summed E-state index contributed by atoms with van der Waals surface area (Å²) < 4.78 is 0. The zero-order valence-electron chi connectivity index (χ0n) is 27.5. The summed E-state index contributed by atoms with van der Waals surface area (Å²) in [6.07, 6.45) is 27.8. The molecule has 0 radical (unpaired) electrons. The molecule has 0 saturated carbocycles. The van der Waals surface area contributed by atoms with Crippen LogP contribution in [0, 0.1) is 0 Å². The van der Waals surface area contributed by atoms with Gasteiger partial charge >= 0.3 is 0 Å². The molecule has 1 saturated heterocycles. The molecule has 2 heteroatoms. The van der Waals surface area contributed by atoms with Crippen LogP contribution in [0.1, 0.15) is 191 Å². The van der Waals surface area contributed by atoms with Crippen LogP contribution in [0.25, 0.3) is 0 Å². The fourth-order valence-corrected chi connectivity index (χ4v) is 8.01. The fraction of sp³-hybridized carbons (Fsp3) is 1.00. The van der Waals surface area contributed by atoms with E-state index in [1.807, 2.05) is 0 Å². The van der Waals surface area contributed by atoms with E-state index in [-0.39, 0.29) is 11.1 Å². The number of nitrogens with zero attached hydrogens (tertiary/aromatic N) is 2. The Bertz CT molecular complexity index is 525. The van der Waals surface area contributed by atoms with E-state index >= 15 is 0 Å². The lowest BCUT2D eigenvalue weighted by Crippen LogP contribution is -2.63. The van der Waals surface area contributed by atoms with Crippen molar-refractivity contribution in [3.8, 4) is 0 Å². The summed E-state index contributed by atoms with van der Waals surface area (Å²) in [4.78, 5) is 5.96. The second-order valence-electron chi connectivity index (χ2n) is 14.2. The molecule has 222 valence electrons. The third-order valence-corrected chi connectivity index (χ3v) is 9.46. The van der Waals surface area contributed by atoms with Gasteiger partial charge in [0.1, 0.15) is 0 Å². The number of rotatable bonds is 20. The van der Waals surface area contributed by atoms with E-state index in [0.29, 0.717) is 12.1 Å². The molecule has 0 amide bonds. The van der Waals surface area contributed by atoms with Gasteiger partial charge in [-0.05, 0) is 80.2 Å². The Hall–Kier alpha value is -0.0800. The second-order valence-corrected chi connectivity index (χ2v) is 14.2. The molecule has 2 atom stereocenters. The molecular weight excluding hydrogens is 448 g/mol. The Morgan fingerprint density at radius 2 is 1.00 bits per heavy atom. The van der Waals surface area contributed by atoms with Gasteiger partial charge in [-0.25, -0.2) is 0 Å². The van der Waals surface area contributed by atoms with E-state index in [0.717, 1.165) is 6.04 Å². The van der Waals surface area contributed by atoms with Gasteiger partial charge in [-0.15, -0.1) is 0 Å². The standard InChI is InChI=1S/C35H72N2/c1-10-13-16-19-22-25-28-36-31(4)29-32(5)37(35(8,9)30-34(36,6)7)33(26-23-20-17-14-11-2)27-24-21-18-15-12-3/h31-33H,10-30H2,1-9H3. The van der Waals surface area contributed by atoms with Crippen LogP contribution in [-0.4, -0.2) is 45.5 Å². The molecule has 1 fully saturated rings. The maximum Gasteiger partial charge on any atom is 0.0176 e. The molecule has 0 N–H and O–H groups in total. The van der Waals surface area contributed by atoms with Crippen molar-refractivity contribution in [1.82, 2.24) is 9.80 Å². The van der Waals surface area contributed by atoms with Gasteiger partial charge < -0.3 is 0 Å². The molecule has 1 rings (SSSR count). The molecule has 1 aliphatic heterocycles. The van der Waals surface area contributed by atoms with Crippen LogP contribution >= 0.6 is 0 Å². The molecule has 0 aromatic rings. The molecule has 2 unspecified atom stereocenters. The third kappa shape index (κ3) is 13.2. The average molecular weight is 521 g/mol. The second kappa shape index (κ2) is 19.1. The SMILES string of the molecule is CCCCCCCCN1C(C)CC(C)N(C(CCCCCCC)CCCCCCC)C(C)(C)CC1(C)C. The summed E-state index contributed by atoms with van der Waals surface area (Å²) >= 11 is 0. The monoisotopic (exact) mass is 521 g/mol. The highest BCUT2D eigenvalue weighted by atomic mass is 15.3. The van der Waals surface area contributed by atoms with Crippen LogP contribution in [0.5, 0.6) is 0 Å². The van der Waals surface area contributed by atoms with E-state index in [9.17, 15) is 0 Å². The number of unbranched alkanes of at least 4 members (excludes halogenated alkanes) is 13. The highest BCUT2D eigenvalue weighted by Crippen LogP contribution is 2.40. The molecule has 37 heavy (non-hydrogen) atoms. The van der Waals surface area contributed by atoms with Gasteiger partial charge in [-0.2, -0.15) is 0 Å². The van der Waals surface area contributed by atoms with E-state index in [1.165, 1.54) is 135 Å². The van der Waals surface area contributed by atoms with Gasteiger partial charge in [0.25, 0.3) is 0 Å². The Labute approximate surface area is 236 Å². The van der Waals surface area contributed by atoms with Crippen LogP contribution in [-0.2, 0) is 0 Å². The smallest absolute Gasteiger partial charge is 0.0176 e. The van der Waals surface area contributed by atoms with E-state index in [4.69, 9.17) is 0 Å². The Balaban J connectivity index is 2.95. The largest absolute Gasteiger partial charge is 0.295 e. The van der Waals surface area contributed by atoms with Crippen LogP contribution in [0.3, 0.4) is 0 Å². The quantitative estimate of drug-likeness (QED) is 0.147. The van der Waals surface area contributed by atoms with E-state index in [1.54, 1.807) is 0 Å². The van der Waals surface area contributed by atoms with Gasteiger partial charge in [0.2, 0.25) is 0 Å². The first kappa shape index (κ1) is 34.9. The number of hydrogen-bond acceptors (Lipinski definition) is 2. The molecule has 1 aliphatic rings. The lowest BCUT2D eigenvalue weighted by molar-refractivity contribution is -0.0666. The number of hydrogen-bond donors (Lipinski definition) is 0. The highest BCUT2D eigenvalue weighted by Gasteiger charge is 2.45. The first-order valence-corrected chi connectivity index (χ1v) is 17.2. The van der Waals surface area contributed by atoms with Gasteiger partial charge in [-0.3, -0.25) is 9.80 Å². The Morgan fingerprint density at radius 1 is 0.568 bits per heavy atom. The molecule has 0 bridgehead atoms. The van der Waals surface area contributed by atoms with Gasteiger partial charge in [-0.1, -0.05) is 117 Å². The fourth-order valence-electron chi connectivity index (χ4n) is 8.01. The molecule has 2 nitrogen and oxygen atoms in total. The Kier molecular flexibility index (Phi) is 18.0. The topological polar surface area (TPSA) is 6.48 Å². The molecular formula is C35H72N2. The first-order valence-electron chi connectivity index (χ1n) is 17.2. The maximum absolute atomic E-state index is 3.05. The van der Waals surface area contributed by atoms with Crippen molar-refractivity contribution < 1.29 is 0 Å². The molecule has 0 aromatic carbocycles. The average Bonchev–Trinajstić information content (AvgIpc) is 2.81. The summed E-state index contributed by atoms with van der Waals surface area (Å²) in [6, 6.07) is 2.07. The van der Waals surface area contributed by atoms with Crippen molar-refractivity contribution in [2.75, 3.05) is 6.54 Å². The minimum atomic E-state index is 0.236. The van der Waals surface area contributed by atoms with Gasteiger partial charge in [0.05, 0.1) is 0 Å². The van der Waals surface area contributed by atoms with Crippen molar-refractivity contribution in [2.24, 2.45) is 0 Å². The molecule has 0 aromatic heterocycles. The van der Waals surface area contributed by atoms with E-state index < -0.39 is 0 Å². The van der Waals surface area contributed by atoms with Gasteiger partial charge in [0, 0.05) is 29.2 Å². The highest BCUT2D eigenvalue weighted by molar-refractivity contribution is 5.01. The molecule has 1 heterocycles. The summed E-state index contributed by atoms with van der Waals surface area (Å²) in [5.41, 5.74) is 0.484. The molecule has 0 aliphatic carbocycles. The Morgan fingerprint density at radius 3 is 1.49 bits per heavy atom. The zero-order chi connectivity index (χ0) is 27.7. The third-order valence-electron chi connectivity index (χ3n) is 9.46. The first-order chi connectivity index (χ1) is 17.6. The minimum absolute atomic E-state index is 0.236. The zero-order valence-corrected chi connectivity index (χ0v) is 27.5. The lowest BCUT2D eigenvalue weighted by atomic mass is 9.78. The van der Waals surface area contributed by atoms with Crippen molar-refractivity contribution >= 4 is 0 Å². The molecule has 0 spiro atoms. The maximum atomic E-state index is 3.05. The van der Waals surface area contributed by atoms with Crippen LogP contribution in [0.15, 0.2) is 0 Å². The predicted octanol–water partition coefficient (Wildman–Crippen LogP) is 11.2. The van der Waals surface area contributed by atoms with Crippen molar-refractivity contribution in [3.63, 3.8) is 0 Å². The summed E-state index contributed by atoms with van der Waals surface area (Å²) in [7, 11) is 0. The summed E-state index contributed by atoms with van der Waals surface area (Å²) in [5.74, 6) is 0. The van der Waals surface area contributed by atoms with Crippen LogP contribution < -0.4 is 0 Å². The summed E-state index contributed by atoms with van der Waals surface area (Å²) in [6.45, 7) is 23.7.